The molecule has 2 unspecified atom stereocenters. The molecule has 2 aromatic carbocycles. The highest BCUT2D eigenvalue weighted by Crippen LogP contribution is 2.30. The maximum absolute atomic E-state index is 13.3. The van der Waals surface area contributed by atoms with E-state index in [4.69, 9.17) is 9.47 Å². The number of benzene rings is 2. The van der Waals surface area contributed by atoms with Gasteiger partial charge < -0.3 is 20.1 Å². The first kappa shape index (κ1) is 24.4. The minimum absolute atomic E-state index is 0.294. The van der Waals surface area contributed by atoms with E-state index in [1.807, 2.05) is 24.3 Å². The van der Waals surface area contributed by atoms with Gasteiger partial charge in [-0.3, -0.25) is 19.6 Å². The number of amides is 2. The number of aromatic nitrogens is 2. The number of methoxy groups -OCH3 is 2. The number of nitrogens with zero attached hydrogens (tertiary/aromatic N) is 2. The van der Waals surface area contributed by atoms with Crippen LogP contribution >= 0.6 is 0 Å². The number of carbonyl (C=O) groups is 2. The molecule has 0 saturated carbocycles. The molecule has 0 aliphatic heterocycles. The number of nitrogens with one attached hydrogen (secondary N) is 2. The monoisotopic (exact) mass is 482 g/mol. The van der Waals surface area contributed by atoms with E-state index >= 15 is 0 Å². The predicted molar refractivity (Wildman–Crippen MR) is 135 cm³/mol. The second-order valence-electron chi connectivity index (χ2n) is 7.92. The summed E-state index contributed by atoms with van der Waals surface area (Å²) in [5.74, 6) is 0.715. The van der Waals surface area contributed by atoms with Crippen molar-refractivity contribution < 1.29 is 19.1 Å². The summed E-state index contributed by atoms with van der Waals surface area (Å²) in [6.07, 6.45) is 6.60. The topological polar surface area (TPSA) is 102 Å². The van der Waals surface area contributed by atoms with Gasteiger partial charge in [-0.25, -0.2) is 0 Å². The molecule has 0 radical (unpaired) electrons. The highest BCUT2D eigenvalue weighted by atomic mass is 16.5. The van der Waals surface area contributed by atoms with Crippen molar-refractivity contribution in [2.45, 2.75) is 12.1 Å². The van der Waals surface area contributed by atoms with Crippen LogP contribution in [-0.4, -0.2) is 36.0 Å². The Hall–Kier alpha value is -4.72. The summed E-state index contributed by atoms with van der Waals surface area (Å²) in [5, 5.41) is 6.20. The molecule has 2 N–H and O–H groups in total. The van der Waals surface area contributed by atoms with Crippen molar-refractivity contribution in [3.8, 4) is 11.5 Å². The van der Waals surface area contributed by atoms with Crippen molar-refractivity contribution in [3.63, 3.8) is 0 Å². The molecule has 4 rings (SSSR count). The highest BCUT2D eigenvalue weighted by molar-refractivity contribution is 5.96. The SMILES string of the molecule is COc1ccc(C(=O)NC(c2ccncc2)C(NC(=O)c2ccc(OC)cc2)c2ccncc2)cc1. The van der Waals surface area contributed by atoms with Gasteiger partial charge in [-0.1, -0.05) is 0 Å². The zero-order valence-corrected chi connectivity index (χ0v) is 19.9. The van der Waals surface area contributed by atoms with Crippen molar-refractivity contribution >= 4 is 11.8 Å². The maximum atomic E-state index is 13.3. The van der Waals surface area contributed by atoms with Crippen LogP contribution in [0.4, 0.5) is 0 Å². The Morgan fingerprint density at radius 3 is 1.22 bits per heavy atom. The Labute approximate surface area is 209 Å². The number of hydrogen-bond donors (Lipinski definition) is 2. The second kappa shape index (κ2) is 11.6. The third-order valence-corrected chi connectivity index (χ3v) is 5.74. The van der Waals surface area contributed by atoms with E-state index in [0.29, 0.717) is 22.6 Å². The molecule has 0 aliphatic carbocycles. The van der Waals surface area contributed by atoms with Crippen LogP contribution in [0.25, 0.3) is 0 Å². The zero-order valence-electron chi connectivity index (χ0n) is 19.9. The first-order valence-electron chi connectivity index (χ1n) is 11.3. The molecule has 2 heterocycles. The molecule has 2 aromatic heterocycles. The highest BCUT2D eigenvalue weighted by Gasteiger charge is 2.29. The minimum atomic E-state index is -0.604. The third-order valence-electron chi connectivity index (χ3n) is 5.74. The number of ether oxygens (including phenoxy) is 2. The van der Waals surface area contributed by atoms with E-state index < -0.39 is 12.1 Å². The van der Waals surface area contributed by atoms with Crippen molar-refractivity contribution in [1.82, 2.24) is 20.6 Å². The lowest BCUT2D eigenvalue weighted by atomic mass is 9.93. The number of rotatable bonds is 9. The van der Waals surface area contributed by atoms with Gasteiger partial charge in [0.1, 0.15) is 11.5 Å². The van der Waals surface area contributed by atoms with Crippen LogP contribution in [0.1, 0.15) is 43.9 Å². The van der Waals surface area contributed by atoms with Crippen LogP contribution in [-0.2, 0) is 0 Å². The molecule has 0 aliphatic rings. The molecule has 182 valence electrons. The summed E-state index contributed by atoms with van der Waals surface area (Å²) in [6, 6.07) is 19.7. The van der Waals surface area contributed by atoms with Crippen LogP contribution in [0, 0.1) is 0 Å². The number of pyridine rings is 2. The molecule has 8 nitrogen and oxygen atoms in total. The fourth-order valence-corrected chi connectivity index (χ4v) is 3.79. The lowest BCUT2D eigenvalue weighted by Crippen LogP contribution is -2.40. The number of hydrogen-bond acceptors (Lipinski definition) is 6. The van der Waals surface area contributed by atoms with Crippen molar-refractivity contribution in [3.05, 3.63) is 120 Å². The molecular formula is C28H26N4O4. The van der Waals surface area contributed by atoms with Crippen molar-refractivity contribution in [2.75, 3.05) is 14.2 Å². The van der Waals surface area contributed by atoms with Crippen molar-refractivity contribution in [2.24, 2.45) is 0 Å². The van der Waals surface area contributed by atoms with E-state index in [-0.39, 0.29) is 11.8 Å². The van der Waals surface area contributed by atoms with Crippen LogP contribution < -0.4 is 20.1 Å². The Morgan fingerprint density at radius 1 is 0.583 bits per heavy atom. The smallest absolute Gasteiger partial charge is 0.251 e. The molecule has 8 heteroatoms. The second-order valence-corrected chi connectivity index (χ2v) is 7.92. The van der Waals surface area contributed by atoms with Crippen LogP contribution in [0.2, 0.25) is 0 Å². The largest absolute Gasteiger partial charge is 0.497 e. The third kappa shape index (κ3) is 5.85. The molecule has 2 amide bonds. The van der Waals surface area contributed by atoms with E-state index in [9.17, 15) is 9.59 Å². The molecule has 0 bridgehead atoms. The average Bonchev–Trinajstić information content (AvgIpc) is 2.95. The molecular weight excluding hydrogens is 456 g/mol. The molecule has 36 heavy (non-hydrogen) atoms. The first-order chi connectivity index (χ1) is 17.6. The molecule has 0 saturated heterocycles. The van der Waals surface area contributed by atoms with Gasteiger partial charge in [-0.2, -0.15) is 0 Å². The average molecular weight is 483 g/mol. The number of carbonyl (C=O) groups excluding carboxylic acids is 2. The maximum Gasteiger partial charge on any atom is 0.251 e. The van der Waals surface area contributed by atoms with Crippen LogP contribution in [0.15, 0.2) is 97.6 Å². The molecule has 2 atom stereocenters. The lowest BCUT2D eigenvalue weighted by molar-refractivity contribution is 0.0881. The Kier molecular flexibility index (Phi) is 7.87. The summed E-state index contributed by atoms with van der Waals surface area (Å²) < 4.78 is 10.4. The summed E-state index contributed by atoms with van der Waals surface area (Å²) in [4.78, 5) is 34.8. The van der Waals surface area contributed by atoms with Gasteiger partial charge in [0, 0.05) is 35.9 Å². The standard InChI is InChI=1S/C28H26N4O4/c1-35-23-7-3-21(4-8-23)27(33)31-25(19-11-15-29-16-12-19)26(20-13-17-30-18-14-20)32-28(34)22-5-9-24(36-2)10-6-22/h3-18,25-26H,1-2H3,(H,31,33)(H,32,34). The van der Waals surface area contributed by atoms with Crippen LogP contribution in [0.3, 0.4) is 0 Å². The Bertz CT molecular complexity index is 1180. The van der Waals surface area contributed by atoms with Gasteiger partial charge in [-0.05, 0) is 83.9 Å². The van der Waals surface area contributed by atoms with E-state index in [0.717, 1.165) is 11.1 Å². The fraction of sp³-hybridized carbons (Fsp3) is 0.143. The Morgan fingerprint density at radius 2 is 0.917 bits per heavy atom. The van der Waals surface area contributed by atoms with E-state index in [2.05, 4.69) is 20.6 Å². The summed E-state index contributed by atoms with van der Waals surface area (Å²) >= 11 is 0. The van der Waals surface area contributed by atoms with Gasteiger partial charge >= 0.3 is 0 Å². The molecule has 0 fully saturated rings. The van der Waals surface area contributed by atoms with Gasteiger partial charge in [0.15, 0.2) is 0 Å². The van der Waals surface area contributed by atoms with Gasteiger partial charge in [0.25, 0.3) is 11.8 Å². The molecule has 0 spiro atoms. The minimum Gasteiger partial charge on any atom is -0.497 e. The first-order valence-corrected chi connectivity index (χ1v) is 11.3. The zero-order chi connectivity index (χ0) is 25.3. The summed E-state index contributed by atoms with van der Waals surface area (Å²) in [6.45, 7) is 0. The predicted octanol–water partition coefficient (Wildman–Crippen LogP) is 4.14. The van der Waals surface area contributed by atoms with E-state index in [1.165, 1.54) is 0 Å². The van der Waals surface area contributed by atoms with Gasteiger partial charge in [0.2, 0.25) is 0 Å². The summed E-state index contributed by atoms with van der Waals surface area (Å²) in [7, 11) is 3.14. The summed E-state index contributed by atoms with van der Waals surface area (Å²) in [5.41, 5.74) is 2.49. The molecule has 4 aromatic rings. The normalized spacial score (nSPS) is 12.2. The fourth-order valence-electron chi connectivity index (χ4n) is 3.79. The van der Waals surface area contributed by atoms with Crippen LogP contribution in [0.5, 0.6) is 11.5 Å². The quantitative estimate of drug-likeness (QED) is 0.372. The van der Waals surface area contributed by atoms with Gasteiger partial charge in [-0.15, -0.1) is 0 Å². The lowest BCUT2D eigenvalue weighted by Gasteiger charge is -2.30. The van der Waals surface area contributed by atoms with Crippen molar-refractivity contribution in [1.29, 1.82) is 0 Å². The Balaban J connectivity index is 1.69. The van der Waals surface area contributed by atoms with Gasteiger partial charge in [0.05, 0.1) is 26.3 Å². The van der Waals surface area contributed by atoms with E-state index in [1.54, 1.807) is 87.5 Å².